The summed E-state index contributed by atoms with van der Waals surface area (Å²) in [5, 5.41) is 9.01. The highest BCUT2D eigenvalue weighted by atomic mass is 35.5. The van der Waals surface area contributed by atoms with Crippen LogP contribution in [0.25, 0.3) is 0 Å². The number of benzene rings is 3. The van der Waals surface area contributed by atoms with Gasteiger partial charge in [-0.1, -0.05) is 29.8 Å². The van der Waals surface area contributed by atoms with E-state index in [1.807, 2.05) is 18.2 Å². The summed E-state index contributed by atoms with van der Waals surface area (Å²) < 4.78 is 38.6. The highest BCUT2D eigenvalue weighted by Crippen LogP contribution is 2.35. The summed E-state index contributed by atoms with van der Waals surface area (Å²) in [6.07, 6.45) is 0.591. The molecule has 3 aromatic carbocycles. The molecule has 7 nitrogen and oxygen atoms in total. The number of rotatable bonds is 5. The molecule has 162 valence electrons. The third-order valence-corrected chi connectivity index (χ3v) is 7.37. The summed E-state index contributed by atoms with van der Waals surface area (Å²) >= 11 is 6.22. The molecule has 0 unspecified atom stereocenters. The van der Waals surface area contributed by atoms with Crippen molar-refractivity contribution < 1.29 is 22.7 Å². The SMILES string of the molecule is COc1cc(C#N)ccc1OC(=O)c1ccc(Cl)c(S(=O)(=O)N2CCc3ccccc32)c1. The van der Waals surface area contributed by atoms with Crippen LogP contribution in [-0.2, 0) is 16.4 Å². The Morgan fingerprint density at radius 1 is 1.09 bits per heavy atom. The standard InChI is InChI=1S/C23H17ClN2O5S/c1-30-21-12-15(14-25)6-9-20(21)31-23(27)17-7-8-18(24)22(13-17)32(28,29)26-11-10-16-4-2-3-5-19(16)26/h2-9,12-13H,10-11H2,1H3. The fraction of sp³-hybridized carbons (Fsp3) is 0.130. The number of halogens is 1. The van der Waals surface area contributed by atoms with Gasteiger partial charge in [-0.05, 0) is 48.4 Å². The molecule has 9 heteroatoms. The van der Waals surface area contributed by atoms with Crippen molar-refractivity contribution in [2.45, 2.75) is 11.3 Å². The van der Waals surface area contributed by atoms with Crippen LogP contribution in [0.3, 0.4) is 0 Å². The molecular formula is C23H17ClN2O5S. The lowest BCUT2D eigenvalue weighted by Gasteiger charge is -2.20. The van der Waals surface area contributed by atoms with Crippen molar-refractivity contribution >= 4 is 33.3 Å². The molecule has 1 aliphatic heterocycles. The van der Waals surface area contributed by atoms with Crippen molar-refractivity contribution in [2.24, 2.45) is 0 Å². The number of para-hydroxylation sites is 1. The van der Waals surface area contributed by atoms with Crippen LogP contribution in [0.15, 0.2) is 65.6 Å². The highest BCUT2D eigenvalue weighted by Gasteiger charge is 2.32. The van der Waals surface area contributed by atoms with Gasteiger partial charge in [-0.2, -0.15) is 5.26 Å². The minimum Gasteiger partial charge on any atom is -0.493 e. The number of carbonyl (C=O) groups is 1. The number of ether oxygens (including phenoxy) is 2. The molecule has 0 saturated heterocycles. The van der Waals surface area contributed by atoms with Gasteiger partial charge in [-0.25, -0.2) is 13.2 Å². The van der Waals surface area contributed by atoms with Crippen LogP contribution in [-0.4, -0.2) is 28.0 Å². The molecule has 0 saturated carbocycles. The number of methoxy groups -OCH3 is 1. The lowest BCUT2D eigenvalue weighted by atomic mass is 10.2. The molecule has 0 radical (unpaired) electrons. The molecule has 1 aliphatic rings. The van der Waals surface area contributed by atoms with Crippen LogP contribution in [0.4, 0.5) is 5.69 Å². The van der Waals surface area contributed by atoms with Gasteiger partial charge in [0, 0.05) is 12.6 Å². The summed E-state index contributed by atoms with van der Waals surface area (Å²) in [7, 11) is -2.62. The smallest absolute Gasteiger partial charge is 0.343 e. The molecule has 0 amide bonds. The lowest BCUT2D eigenvalue weighted by molar-refractivity contribution is 0.0729. The van der Waals surface area contributed by atoms with Gasteiger partial charge in [-0.3, -0.25) is 4.31 Å². The van der Waals surface area contributed by atoms with E-state index in [-0.39, 0.29) is 33.5 Å². The molecule has 0 aliphatic carbocycles. The molecular weight excluding hydrogens is 452 g/mol. The van der Waals surface area contributed by atoms with Gasteiger partial charge >= 0.3 is 5.97 Å². The van der Waals surface area contributed by atoms with Gasteiger partial charge in [0.1, 0.15) is 4.90 Å². The molecule has 0 bridgehead atoms. The zero-order chi connectivity index (χ0) is 22.9. The largest absolute Gasteiger partial charge is 0.493 e. The number of hydrogen-bond acceptors (Lipinski definition) is 6. The van der Waals surface area contributed by atoms with Gasteiger partial charge in [0.25, 0.3) is 10.0 Å². The maximum atomic E-state index is 13.4. The number of anilines is 1. The third-order valence-electron chi connectivity index (χ3n) is 5.07. The summed E-state index contributed by atoms with van der Waals surface area (Å²) in [5.74, 6) is -0.486. The van der Waals surface area contributed by atoms with Gasteiger partial charge in [-0.15, -0.1) is 0 Å². The second-order valence-electron chi connectivity index (χ2n) is 6.97. The molecule has 4 rings (SSSR count). The van der Waals surface area contributed by atoms with Crippen LogP contribution in [0.5, 0.6) is 11.5 Å². The van der Waals surface area contributed by atoms with E-state index in [0.717, 1.165) is 5.56 Å². The zero-order valence-electron chi connectivity index (χ0n) is 16.9. The summed E-state index contributed by atoms with van der Waals surface area (Å²) in [6, 6.07) is 17.5. The van der Waals surface area contributed by atoms with E-state index in [2.05, 4.69) is 0 Å². The van der Waals surface area contributed by atoms with E-state index in [0.29, 0.717) is 17.7 Å². The van der Waals surface area contributed by atoms with Crippen molar-refractivity contribution in [3.05, 3.63) is 82.4 Å². The van der Waals surface area contributed by atoms with E-state index in [1.54, 1.807) is 12.1 Å². The van der Waals surface area contributed by atoms with Crippen molar-refractivity contribution in [2.75, 3.05) is 18.0 Å². The van der Waals surface area contributed by atoms with Crippen LogP contribution < -0.4 is 13.8 Å². The van der Waals surface area contributed by atoms with E-state index >= 15 is 0 Å². The molecule has 32 heavy (non-hydrogen) atoms. The summed E-state index contributed by atoms with van der Waals surface area (Å²) in [6.45, 7) is 0.287. The normalized spacial score (nSPS) is 12.7. The van der Waals surface area contributed by atoms with Gasteiger partial charge in [0.15, 0.2) is 11.5 Å². The Bertz CT molecular complexity index is 1370. The van der Waals surface area contributed by atoms with Crippen molar-refractivity contribution in [1.29, 1.82) is 5.26 Å². The van der Waals surface area contributed by atoms with Crippen LogP contribution in [0, 0.1) is 11.3 Å². The monoisotopic (exact) mass is 468 g/mol. The maximum Gasteiger partial charge on any atom is 0.343 e. The number of carbonyl (C=O) groups excluding carboxylic acids is 1. The Morgan fingerprint density at radius 3 is 2.62 bits per heavy atom. The minimum absolute atomic E-state index is 0.00175. The molecule has 0 fully saturated rings. The van der Waals surface area contributed by atoms with Crippen molar-refractivity contribution in [1.82, 2.24) is 0 Å². The molecule has 0 spiro atoms. The van der Waals surface area contributed by atoms with E-state index < -0.39 is 16.0 Å². The molecule has 0 N–H and O–H groups in total. The third kappa shape index (κ3) is 3.88. The first-order valence-corrected chi connectivity index (χ1v) is 11.4. The van der Waals surface area contributed by atoms with Crippen LogP contribution in [0.2, 0.25) is 5.02 Å². The predicted molar refractivity (Wildman–Crippen MR) is 119 cm³/mol. The molecule has 0 atom stereocenters. The van der Waals surface area contributed by atoms with Gasteiger partial charge in [0.2, 0.25) is 0 Å². The average Bonchev–Trinajstić information content (AvgIpc) is 3.24. The van der Waals surface area contributed by atoms with E-state index in [9.17, 15) is 13.2 Å². The first-order chi connectivity index (χ1) is 15.3. The topological polar surface area (TPSA) is 96.7 Å². The predicted octanol–water partition coefficient (Wildman–Crippen LogP) is 4.19. The summed E-state index contributed by atoms with van der Waals surface area (Å²) in [5.41, 5.74) is 1.87. The van der Waals surface area contributed by atoms with E-state index in [4.69, 9.17) is 26.3 Å². The van der Waals surface area contributed by atoms with Crippen LogP contribution in [0.1, 0.15) is 21.5 Å². The number of esters is 1. The highest BCUT2D eigenvalue weighted by molar-refractivity contribution is 7.93. The van der Waals surface area contributed by atoms with Crippen LogP contribution >= 0.6 is 11.6 Å². The second-order valence-corrected chi connectivity index (χ2v) is 9.21. The van der Waals surface area contributed by atoms with Crippen molar-refractivity contribution in [3.8, 4) is 17.6 Å². The van der Waals surface area contributed by atoms with Gasteiger partial charge in [0.05, 0.1) is 35.0 Å². The zero-order valence-corrected chi connectivity index (χ0v) is 18.5. The summed E-state index contributed by atoms with van der Waals surface area (Å²) in [4.78, 5) is 12.6. The number of sulfonamides is 1. The Morgan fingerprint density at radius 2 is 1.88 bits per heavy atom. The molecule has 0 aromatic heterocycles. The average molecular weight is 469 g/mol. The maximum absolute atomic E-state index is 13.4. The lowest BCUT2D eigenvalue weighted by Crippen LogP contribution is -2.29. The number of fused-ring (bicyclic) bond motifs is 1. The van der Waals surface area contributed by atoms with Crippen molar-refractivity contribution in [3.63, 3.8) is 0 Å². The second kappa shape index (κ2) is 8.54. The first kappa shape index (κ1) is 21.7. The Balaban J connectivity index is 1.66. The number of nitriles is 1. The quantitative estimate of drug-likeness (QED) is 0.411. The Kier molecular flexibility index (Phi) is 5.78. The fourth-order valence-corrected chi connectivity index (χ4v) is 5.49. The molecule has 1 heterocycles. The Hall–Kier alpha value is -3.54. The molecule has 3 aromatic rings. The number of hydrogen-bond donors (Lipinski definition) is 0. The minimum atomic E-state index is -4.00. The van der Waals surface area contributed by atoms with E-state index in [1.165, 1.54) is 47.8 Å². The number of nitrogens with zero attached hydrogens (tertiary/aromatic N) is 2. The first-order valence-electron chi connectivity index (χ1n) is 9.55. The fourth-order valence-electron chi connectivity index (χ4n) is 3.48. The van der Waals surface area contributed by atoms with Gasteiger partial charge < -0.3 is 9.47 Å². The Labute approximate surface area is 190 Å².